The van der Waals surface area contributed by atoms with Gasteiger partial charge in [-0.3, -0.25) is 0 Å². The summed E-state index contributed by atoms with van der Waals surface area (Å²) < 4.78 is 0. The van der Waals surface area contributed by atoms with Crippen LogP contribution in [-0.4, -0.2) is 24.5 Å². The van der Waals surface area contributed by atoms with Crippen molar-refractivity contribution >= 4 is 0 Å². The second-order valence-electron chi connectivity index (χ2n) is 3.96. The minimum Gasteiger partial charge on any atom is -0.303 e. The van der Waals surface area contributed by atoms with Gasteiger partial charge >= 0.3 is 0 Å². The molecule has 0 radical (unpaired) electrons. The van der Waals surface area contributed by atoms with Crippen LogP contribution in [0.5, 0.6) is 0 Å². The summed E-state index contributed by atoms with van der Waals surface area (Å²) >= 11 is 0. The molecule has 0 N–H and O–H groups in total. The minimum atomic E-state index is 1.36. The summed E-state index contributed by atoms with van der Waals surface area (Å²) in [4.78, 5) is 2.66. The third kappa shape index (κ3) is 4.10. The second-order valence-corrected chi connectivity index (χ2v) is 3.96. The van der Waals surface area contributed by atoms with Gasteiger partial charge in [-0.1, -0.05) is 32.6 Å². The van der Waals surface area contributed by atoms with Crippen molar-refractivity contribution in [2.24, 2.45) is 0 Å². The Hall–Kier alpha value is -0.0400. The Morgan fingerprint density at radius 3 is 2.17 bits per heavy atom. The van der Waals surface area contributed by atoms with Crippen LogP contribution in [0.15, 0.2) is 0 Å². The van der Waals surface area contributed by atoms with Gasteiger partial charge in [0.15, 0.2) is 0 Å². The smallest absolute Gasteiger partial charge is 0.00187 e. The fourth-order valence-corrected chi connectivity index (χ4v) is 1.95. The van der Waals surface area contributed by atoms with E-state index in [2.05, 4.69) is 11.8 Å². The Kier molecular flexibility index (Phi) is 5.42. The van der Waals surface area contributed by atoms with E-state index in [0.717, 1.165) is 0 Å². The fraction of sp³-hybridized carbons (Fsp3) is 1.00. The van der Waals surface area contributed by atoms with Crippen molar-refractivity contribution in [2.75, 3.05) is 19.6 Å². The van der Waals surface area contributed by atoms with E-state index in [1.54, 1.807) is 0 Å². The third-order valence-corrected chi connectivity index (χ3v) is 2.78. The van der Waals surface area contributed by atoms with E-state index in [0.29, 0.717) is 0 Å². The molecule has 1 saturated heterocycles. The maximum absolute atomic E-state index is 2.66. The molecule has 0 aliphatic carbocycles. The number of hydrogen-bond donors (Lipinski definition) is 0. The fourth-order valence-electron chi connectivity index (χ4n) is 1.95. The number of nitrogens with zero attached hydrogens (tertiary/aromatic N) is 1. The zero-order valence-corrected chi connectivity index (χ0v) is 8.52. The van der Waals surface area contributed by atoms with Crippen LogP contribution in [-0.2, 0) is 0 Å². The first-order valence-corrected chi connectivity index (χ1v) is 5.66. The summed E-state index contributed by atoms with van der Waals surface area (Å²) in [6.45, 7) is 6.36. The molecule has 1 nitrogen and oxygen atoms in total. The Balaban J connectivity index is 2.04. The molecule has 72 valence electrons. The van der Waals surface area contributed by atoms with E-state index in [1.165, 1.54) is 64.6 Å². The van der Waals surface area contributed by atoms with E-state index >= 15 is 0 Å². The zero-order chi connectivity index (χ0) is 8.65. The molecule has 1 aliphatic heterocycles. The number of rotatable bonds is 4. The maximum Gasteiger partial charge on any atom is -0.00187 e. The molecule has 0 amide bonds. The lowest BCUT2D eigenvalue weighted by Gasteiger charge is -2.18. The Bertz CT molecular complexity index is 93.2. The van der Waals surface area contributed by atoms with E-state index in [9.17, 15) is 0 Å². The summed E-state index contributed by atoms with van der Waals surface area (Å²) in [7, 11) is 0. The lowest BCUT2D eigenvalue weighted by Crippen LogP contribution is -2.25. The molecule has 0 aromatic rings. The molecule has 0 saturated carbocycles. The Morgan fingerprint density at radius 1 is 0.917 bits per heavy atom. The van der Waals surface area contributed by atoms with Crippen LogP contribution in [0.1, 0.15) is 51.9 Å². The maximum atomic E-state index is 2.66. The SMILES string of the molecule is CCCCCN1CCCCCC1. The van der Waals surface area contributed by atoms with Crippen molar-refractivity contribution in [1.82, 2.24) is 4.90 Å². The van der Waals surface area contributed by atoms with E-state index < -0.39 is 0 Å². The van der Waals surface area contributed by atoms with E-state index in [1.807, 2.05) is 0 Å². The Morgan fingerprint density at radius 2 is 1.58 bits per heavy atom. The number of likely N-dealkylation sites (tertiary alicyclic amines) is 1. The highest BCUT2D eigenvalue weighted by Gasteiger charge is 2.07. The molecule has 0 spiro atoms. The van der Waals surface area contributed by atoms with Gasteiger partial charge in [-0.2, -0.15) is 0 Å². The van der Waals surface area contributed by atoms with Gasteiger partial charge < -0.3 is 4.90 Å². The molecular formula is C11H23N. The standard InChI is InChI=1S/C11H23N/c1-2-3-6-9-12-10-7-4-5-8-11-12/h2-11H2,1H3. The lowest BCUT2D eigenvalue weighted by molar-refractivity contribution is 0.278. The molecule has 1 heterocycles. The van der Waals surface area contributed by atoms with Crippen LogP contribution >= 0.6 is 0 Å². The molecule has 1 heteroatoms. The van der Waals surface area contributed by atoms with Crippen LogP contribution in [0.4, 0.5) is 0 Å². The van der Waals surface area contributed by atoms with Crippen molar-refractivity contribution in [1.29, 1.82) is 0 Å². The van der Waals surface area contributed by atoms with Crippen LogP contribution < -0.4 is 0 Å². The van der Waals surface area contributed by atoms with Gasteiger partial charge in [-0.05, 0) is 38.9 Å². The molecule has 1 aliphatic rings. The second kappa shape index (κ2) is 6.47. The van der Waals surface area contributed by atoms with Gasteiger partial charge in [0, 0.05) is 0 Å². The third-order valence-electron chi connectivity index (χ3n) is 2.78. The van der Waals surface area contributed by atoms with E-state index in [-0.39, 0.29) is 0 Å². The highest BCUT2D eigenvalue weighted by atomic mass is 15.1. The summed E-state index contributed by atoms with van der Waals surface area (Å²) in [5, 5.41) is 0. The summed E-state index contributed by atoms with van der Waals surface area (Å²) in [5.41, 5.74) is 0. The molecule has 1 fully saturated rings. The van der Waals surface area contributed by atoms with Crippen molar-refractivity contribution in [3.63, 3.8) is 0 Å². The van der Waals surface area contributed by atoms with Crippen LogP contribution in [0.2, 0.25) is 0 Å². The van der Waals surface area contributed by atoms with Crippen LogP contribution in [0.25, 0.3) is 0 Å². The molecule has 0 unspecified atom stereocenters. The first-order chi connectivity index (χ1) is 5.93. The first-order valence-electron chi connectivity index (χ1n) is 5.66. The minimum absolute atomic E-state index is 1.36. The number of hydrogen-bond acceptors (Lipinski definition) is 1. The predicted molar refractivity (Wildman–Crippen MR) is 54.4 cm³/mol. The van der Waals surface area contributed by atoms with Gasteiger partial charge in [0.1, 0.15) is 0 Å². The molecule has 0 aromatic heterocycles. The summed E-state index contributed by atoms with van der Waals surface area (Å²) in [6, 6.07) is 0. The average molecular weight is 169 g/mol. The predicted octanol–water partition coefficient (Wildman–Crippen LogP) is 3.05. The normalized spacial score (nSPS) is 20.8. The van der Waals surface area contributed by atoms with Crippen molar-refractivity contribution < 1.29 is 0 Å². The number of unbranched alkanes of at least 4 members (excludes halogenated alkanes) is 2. The summed E-state index contributed by atoms with van der Waals surface area (Å²) in [5.74, 6) is 0. The molecule has 12 heavy (non-hydrogen) atoms. The quantitative estimate of drug-likeness (QED) is 0.585. The van der Waals surface area contributed by atoms with Crippen LogP contribution in [0.3, 0.4) is 0 Å². The molecule has 0 bridgehead atoms. The van der Waals surface area contributed by atoms with Crippen molar-refractivity contribution in [3.8, 4) is 0 Å². The highest BCUT2D eigenvalue weighted by Crippen LogP contribution is 2.10. The first kappa shape index (κ1) is 10.0. The van der Waals surface area contributed by atoms with Gasteiger partial charge in [0.2, 0.25) is 0 Å². The van der Waals surface area contributed by atoms with Gasteiger partial charge in [0.25, 0.3) is 0 Å². The summed E-state index contributed by atoms with van der Waals surface area (Å²) in [6.07, 6.45) is 9.98. The Labute approximate surface area is 77.1 Å². The topological polar surface area (TPSA) is 3.24 Å². The average Bonchev–Trinajstić information content (AvgIpc) is 2.33. The lowest BCUT2D eigenvalue weighted by atomic mass is 10.2. The van der Waals surface area contributed by atoms with E-state index in [4.69, 9.17) is 0 Å². The highest BCUT2D eigenvalue weighted by molar-refractivity contribution is 4.62. The molecule has 1 rings (SSSR count). The monoisotopic (exact) mass is 169 g/mol. The largest absolute Gasteiger partial charge is 0.303 e. The van der Waals surface area contributed by atoms with Crippen LogP contribution in [0, 0.1) is 0 Å². The molecule has 0 aromatic carbocycles. The molecular weight excluding hydrogens is 146 g/mol. The van der Waals surface area contributed by atoms with Gasteiger partial charge in [-0.15, -0.1) is 0 Å². The van der Waals surface area contributed by atoms with Gasteiger partial charge in [-0.25, -0.2) is 0 Å². The zero-order valence-electron chi connectivity index (χ0n) is 8.52. The van der Waals surface area contributed by atoms with Gasteiger partial charge in [0.05, 0.1) is 0 Å². The van der Waals surface area contributed by atoms with Crippen molar-refractivity contribution in [2.45, 2.75) is 51.9 Å². The van der Waals surface area contributed by atoms with Crippen molar-refractivity contribution in [3.05, 3.63) is 0 Å². The molecule has 0 atom stereocenters.